The minimum atomic E-state index is -2.74. The van der Waals surface area contributed by atoms with Gasteiger partial charge in [0.2, 0.25) is 11.8 Å². The number of carboxylic acid groups (broad SMARTS) is 3. The van der Waals surface area contributed by atoms with E-state index < -0.39 is 36.4 Å². The monoisotopic (exact) mass is 567 g/mol. The molecule has 0 fully saturated rings. The number of carbonyl (C=O) groups is 5. The molecule has 3 aromatic rings. The molecule has 0 aliphatic carbocycles. The van der Waals surface area contributed by atoms with Crippen LogP contribution in [-0.4, -0.2) is 66.4 Å². The zero-order chi connectivity index (χ0) is 30.5. The first-order valence-electron chi connectivity index (χ1n) is 12.9. The molecular formula is C29H33N3O9. The number of amides is 2. The van der Waals surface area contributed by atoms with Gasteiger partial charge in [0, 0.05) is 48.0 Å². The summed E-state index contributed by atoms with van der Waals surface area (Å²) in [7, 11) is 0. The molecule has 12 heteroatoms. The number of fused-ring (bicyclic) bond motifs is 2. The lowest BCUT2D eigenvalue weighted by atomic mass is 9.96. The van der Waals surface area contributed by atoms with E-state index in [4.69, 9.17) is 20.4 Å². The number of aliphatic carboxylic acids is 3. The summed E-state index contributed by atoms with van der Waals surface area (Å²) in [5.74, 6) is -5.00. The van der Waals surface area contributed by atoms with Gasteiger partial charge in [0.15, 0.2) is 5.60 Å². The normalized spacial score (nSPS) is 14.1. The number of benzene rings is 2. The molecule has 41 heavy (non-hydrogen) atoms. The molecule has 2 aromatic carbocycles. The van der Waals surface area contributed by atoms with Crippen LogP contribution in [0.3, 0.4) is 0 Å². The van der Waals surface area contributed by atoms with Crippen LogP contribution < -0.4 is 10.2 Å². The molecule has 2 heterocycles. The number of aryl methyl sites for hydroxylation is 1. The highest BCUT2D eigenvalue weighted by atomic mass is 16.4. The fourth-order valence-electron chi connectivity index (χ4n) is 5.01. The van der Waals surface area contributed by atoms with Crippen LogP contribution in [0.5, 0.6) is 0 Å². The van der Waals surface area contributed by atoms with Crippen LogP contribution in [0.4, 0.5) is 11.4 Å². The maximum Gasteiger partial charge on any atom is 0.336 e. The van der Waals surface area contributed by atoms with Gasteiger partial charge in [-0.25, -0.2) is 4.79 Å². The van der Waals surface area contributed by atoms with Gasteiger partial charge in [0.1, 0.15) is 0 Å². The predicted octanol–water partition coefficient (Wildman–Crippen LogP) is 2.89. The summed E-state index contributed by atoms with van der Waals surface area (Å²) < 4.78 is 2.17. The third-order valence-corrected chi connectivity index (χ3v) is 6.77. The van der Waals surface area contributed by atoms with Gasteiger partial charge in [0.25, 0.3) is 0 Å². The molecule has 218 valence electrons. The van der Waals surface area contributed by atoms with E-state index in [1.807, 2.05) is 42.2 Å². The average molecular weight is 568 g/mol. The zero-order valence-corrected chi connectivity index (χ0v) is 23.0. The maximum atomic E-state index is 12.7. The van der Waals surface area contributed by atoms with Crippen LogP contribution in [0.2, 0.25) is 0 Å². The Hall–Kier alpha value is -4.71. The number of nitrogens with zero attached hydrogens (tertiary/aromatic N) is 2. The van der Waals surface area contributed by atoms with Crippen molar-refractivity contribution < 1.29 is 44.4 Å². The van der Waals surface area contributed by atoms with Crippen LogP contribution in [-0.2, 0) is 43.4 Å². The summed E-state index contributed by atoms with van der Waals surface area (Å²) >= 11 is 0. The van der Waals surface area contributed by atoms with Crippen LogP contribution in [0.15, 0.2) is 48.7 Å². The fraction of sp³-hybridized carbons (Fsp3) is 0.345. The first-order chi connectivity index (χ1) is 19.2. The third-order valence-electron chi connectivity index (χ3n) is 6.77. The van der Waals surface area contributed by atoms with Gasteiger partial charge in [-0.3, -0.25) is 19.2 Å². The lowest BCUT2D eigenvalue weighted by molar-refractivity contribution is -0.170. The summed E-state index contributed by atoms with van der Waals surface area (Å²) in [6.45, 7) is 6.61. The summed E-state index contributed by atoms with van der Waals surface area (Å²) in [6.07, 6.45) is 0.922. The van der Waals surface area contributed by atoms with Crippen molar-refractivity contribution in [2.75, 3.05) is 10.2 Å². The highest BCUT2D eigenvalue weighted by Crippen LogP contribution is 2.34. The highest BCUT2D eigenvalue weighted by Gasteiger charge is 2.40. The van der Waals surface area contributed by atoms with Gasteiger partial charge >= 0.3 is 17.9 Å². The van der Waals surface area contributed by atoms with Crippen molar-refractivity contribution in [2.45, 2.75) is 64.6 Å². The van der Waals surface area contributed by atoms with E-state index in [0.29, 0.717) is 6.42 Å². The Bertz CT molecular complexity index is 1480. The lowest BCUT2D eigenvalue weighted by Gasteiger charge is -2.20. The molecule has 0 bridgehead atoms. The number of carboxylic acids is 3. The van der Waals surface area contributed by atoms with Crippen LogP contribution >= 0.6 is 0 Å². The molecule has 0 radical (unpaired) electrons. The predicted molar refractivity (Wildman–Crippen MR) is 150 cm³/mol. The van der Waals surface area contributed by atoms with Crippen LogP contribution in [0.25, 0.3) is 10.9 Å². The van der Waals surface area contributed by atoms with E-state index in [1.54, 1.807) is 6.92 Å². The fourth-order valence-corrected chi connectivity index (χ4v) is 5.01. The van der Waals surface area contributed by atoms with E-state index in [-0.39, 0.29) is 17.9 Å². The molecule has 1 aliphatic heterocycles. The summed E-state index contributed by atoms with van der Waals surface area (Å²) in [6, 6.07) is 14.1. The molecule has 4 rings (SSSR count). The van der Waals surface area contributed by atoms with Crippen molar-refractivity contribution in [1.82, 2.24) is 4.57 Å². The van der Waals surface area contributed by atoms with E-state index in [9.17, 15) is 24.0 Å². The number of aliphatic hydroxyl groups is 1. The number of aromatic nitrogens is 1. The molecule has 5 N–H and O–H groups in total. The number of carbonyl (C=O) groups excluding carboxylic acids is 2. The molecule has 1 atom stereocenters. The molecule has 1 aromatic heterocycles. The second kappa shape index (κ2) is 12.6. The summed E-state index contributed by atoms with van der Waals surface area (Å²) in [5, 5.41) is 38.0. The van der Waals surface area contributed by atoms with Crippen molar-refractivity contribution >= 4 is 52.0 Å². The van der Waals surface area contributed by atoms with Gasteiger partial charge in [0.05, 0.1) is 19.3 Å². The molecule has 1 aliphatic rings. The van der Waals surface area contributed by atoms with Crippen molar-refractivity contribution in [3.8, 4) is 0 Å². The Morgan fingerprint density at radius 2 is 1.63 bits per heavy atom. The van der Waals surface area contributed by atoms with Crippen molar-refractivity contribution in [1.29, 1.82) is 0 Å². The molecule has 0 saturated carbocycles. The Morgan fingerprint density at radius 1 is 1.00 bits per heavy atom. The van der Waals surface area contributed by atoms with Crippen molar-refractivity contribution in [3.05, 3.63) is 59.8 Å². The number of hydrogen-bond donors (Lipinski definition) is 5. The highest BCUT2D eigenvalue weighted by molar-refractivity contribution is 5.98. The van der Waals surface area contributed by atoms with Gasteiger partial charge in [-0.05, 0) is 55.7 Å². The van der Waals surface area contributed by atoms with Gasteiger partial charge in [-0.15, -0.1) is 0 Å². The molecule has 1 unspecified atom stereocenters. The SMILES string of the molecule is CCn1cc(CC(=O)Nc2ccc3c(c2)CC(C)N3C(C)=O)c2ccccc21.O=C(O)CC(O)(CC(=O)O)C(=O)O. The second-order valence-corrected chi connectivity index (χ2v) is 9.95. The number of hydrogen-bond acceptors (Lipinski definition) is 6. The molecular weight excluding hydrogens is 534 g/mol. The first-order valence-corrected chi connectivity index (χ1v) is 12.9. The van der Waals surface area contributed by atoms with Crippen LogP contribution in [0.1, 0.15) is 44.7 Å². The van der Waals surface area contributed by atoms with Gasteiger partial charge in [-0.1, -0.05) is 18.2 Å². The number of para-hydroxylation sites is 1. The Kier molecular flexibility index (Phi) is 9.51. The topological polar surface area (TPSA) is 186 Å². The first kappa shape index (κ1) is 30.8. The van der Waals surface area contributed by atoms with E-state index in [0.717, 1.165) is 46.4 Å². The second-order valence-electron chi connectivity index (χ2n) is 9.95. The van der Waals surface area contributed by atoms with E-state index in [2.05, 4.69) is 35.1 Å². The smallest absolute Gasteiger partial charge is 0.336 e. The van der Waals surface area contributed by atoms with Gasteiger partial charge < -0.3 is 35.2 Å². The van der Waals surface area contributed by atoms with Gasteiger partial charge in [-0.2, -0.15) is 0 Å². The number of nitrogens with one attached hydrogen (secondary N) is 1. The lowest BCUT2D eigenvalue weighted by Crippen LogP contribution is -2.42. The average Bonchev–Trinajstić information content (AvgIpc) is 3.39. The Labute approximate surface area is 235 Å². The summed E-state index contributed by atoms with van der Waals surface area (Å²) in [4.78, 5) is 56.9. The van der Waals surface area contributed by atoms with Crippen molar-refractivity contribution in [3.63, 3.8) is 0 Å². The van der Waals surface area contributed by atoms with Crippen molar-refractivity contribution in [2.24, 2.45) is 0 Å². The largest absolute Gasteiger partial charge is 0.481 e. The molecule has 12 nitrogen and oxygen atoms in total. The maximum absolute atomic E-state index is 12.7. The standard InChI is InChI=1S/C23H25N3O2.C6H8O7/c1-4-25-14-18(20-7-5-6-8-22(20)25)13-23(28)24-19-9-10-21-17(12-19)11-15(2)26(21)16(3)27;7-3(8)1-6(13,5(11)12)2-4(9)10/h5-10,12,14-15H,4,11,13H2,1-3H3,(H,24,28);13H,1-2H2,(H,7,8)(H,9,10)(H,11,12). The zero-order valence-electron chi connectivity index (χ0n) is 23.0. The Morgan fingerprint density at radius 3 is 2.20 bits per heavy atom. The minimum Gasteiger partial charge on any atom is -0.481 e. The molecule has 0 saturated heterocycles. The minimum absolute atomic E-state index is 0.0339. The molecule has 2 amide bonds. The van der Waals surface area contributed by atoms with Crippen LogP contribution in [0, 0.1) is 0 Å². The molecule has 0 spiro atoms. The summed E-state index contributed by atoms with van der Waals surface area (Å²) in [5.41, 5.74) is 2.28. The Balaban J connectivity index is 0.000000302. The third kappa shape index (κ3) is 7.28. The number of rotatable bonds is 9. The quantitative estimate of drug-likeness (QED) is 0.259. The van der Waals surface area contributed by atoms with E-state index in [1.165, 1.54) is 0 Å². The number of anilines is 2. The van der Waals surface area contributed by atoms with E-state index >= 15 is 0 Å².